The second-order valence-corrected chi connectivity index (χ2v) is 16.6. The first-order valence-electron chi connectivity index (χ1n) is 23.8. The summed E-state index contributed by atoms with van der Waals surface area (Å²) in [5, 5.41) is 2.84. The molecule has 3 aromatic rings. The molecule has 2 aliphatic rings. The van der Waals surface area contributed by atoms with Gasteiger partial charge in [-0.3, -0.25) is 18.7 Å². The molecule has 2 aromatic heterocycles. The highest BCUT2D eigenvalue weighted by atomic mass is 16.6. The van der Waals surface area contributed by atoms with Gasteiger partial charge < -0.3 is 52.5 Å². The van der Waals surface area contributed by atoms with Crippen molar-refractivity contribution in [3.05, 3.63) is 56.7 Å². The predicted molar refractivity (Wildman–Crippen MR) is 248 cm³/mol. The molecule has 2 aliphatic carbocycles. The summed E-state index contributed by atoms with van der Waals surface area (Å²) < 4.78 is 53.9. The number of fused-ring (bicyclic) bond motifs is 1. The first kappa shape index (κ1) is 52.2. The van der Waals surface area contributed by atoms with Crippen molar-refractivity contribution in [3.8, 4) is 11.4 Å². The van der Waals surface area contributed by atoms with Gasteiger partial charge in [0.25, 0.3) is 5.56 Å². The van der Waals surface area contributed by atoms with E-state index in [0.29, 0.717) is 161 Å². The molecule has 17 nitrogen and oxygen atoms in total. The lowest BCUT2D eigenvalue weighted by molar-refractivity contribution is -0.116. The molecule has 0 spiro atoms. The number of hydrogen-bond donors (Lipinski definition) is 1. The van der Waals surface area contributed by atoms with Gasteiger partial charge in [0.2, 0.25) is 5.91 Å². The molecule has 2 heterocycles. The topological polar surface area (TPSA) is 174 Å². The monoisotopic (exact) mass is 914 g/mol. The minimum atomic E-state index is -0.256. The lowest BCUT2D eigenvalue weighted by Gasteiger charge is -2.24. The van der Waals surface area contributed by atoms with Crippen LogP contribution in [-0.2, 0) is 67.6 Å². The summed E-state index contributed by atoms with van der Waals surface area (Å²) in [7, 11) is 3.50. The Morgan fingerprint density at radius 2 is 1.05 bits per heavy atom. The molecule has 364 valence electrons. The van der Waals surface area contributed by atoms with Crippen LogP contribution in [0.1, 0.15) is 69.8 Å². The van der Waals surface area contributed by atoms with E-state index in [-0.39, 0.29) is 17.2 Å². The van der Waals surface area contributed by atoms with E-state index in [4.69, 9.17) is 47.6 Å². The third kappa shape index (κ3) is 18.8. The molecule has 2 fully saturated rings. The number of methoxy groups -OCH3 is 1. The quantitative estimate of drug-likeness (QED) is 0.0650. The van der Waals surface area contributed by atoms with Gasteiger partial charge >= 0.3 is 5.69 Å². The molecule has 1 amide bonds. The molecular formula is C48H75N5O12. The summed E-state index contributed by atoms with van der Waals surface area (Å²) in [6, 6.07) is 7.69. The van der Waals surface area contributed by atoms with Gasteiger partial charge in [-0.05, 0) is 49.2 Å². The van der Waals surface area contributed by atoms with Crippen LogP contribution in [0.2, 0.25) is 0 Å². The number of nitrogens with zero attached hydrogens (tertiary/aromatic N) is 4. The van der Waals surface area contributed by atoms with Gasteiger partial charge in [0.1, 0.15) is 5.82 Å². The maximum absolute atomic E-state index is 14.0. The van der Waals surface area contributed by atoms with Crippen molar-refractivity contribution in [2.24, 2.45) is 18.9 Å². The molecule has 17 heteroatoms. The number of rotatable bonds is 34. The highest BCUT2D eigenvalue weighted by Crippen LogP contribution is 2.28. The number of imidazole rings is 1. The molecule has 1 N–H and O–H groups in total. The van der Waals surface area contributed by atoms with Crippen LogP contribution in [-0.4, -0.2) is 151 Å². The fourth-order valence-electron chi connectivity index (χ4n) is 8.21. The number of amides is 1. The van der Waals surface area contributed by atoms with Crippen molar-refractivity contribution in [1.29, 1.82) is 0 Å². The smallest absolute Gasteiger partial charge is 0.332 e. The van der Waals surface area contributed by atoms with Gasteiger partial charge in [-0.25, -0.2) is 9.78 Å². The largest absolute Gasteiger partial charge is 0.382 e. The van der Waals surface area contributed by atoms with Crippen LogP contribution in [0.15, 0.2) is 39.9 Å². The van der Waals surface area contributed by atoms with Crippen LogP contribution in [0.25, 0.3) is 28.6 Å². The van der Waals surface area contributed by atoms with Crippen molar-refractivity contribution >= 4 is 23.1 Å². The summed E-state index contributed by atoms with van der Waals surface area (Å²) in [5.74, 6) is 1.15. The predicted octanol–water partition coefficient (Wildman–Crippen LogP) is 4.63. The molecule has 2 saturated carbocycles. The Morgan fingerprint density at radius 1 is 0.615 bits per heavy atom. The third-order valence-corrected chi connectivity index (χ3v) is 11.8. The first-order valence-corrected chi connectivity index (χ1v) is 23.8. The fraction of sp³-hybridized carbons (Fsp3) is 0.708. The normalized spacial score (nSPS) is 15.2. The van der Waals surface area contributed by atoms with Crippen LogP contribution in [0.3, 0.4) is 0 Å². The molecule has 65 heavy (non-hydrogen) atoms. The van der Waals surface area contributed by atoms with E-state index >= 15 is 0 Å². The molecule has 0 aliphatic heterocycles. The number of carbonyl (C=O) groups is 1. The van der Waals surface area contributed by atoms with Gasteiger partial charge in [-0.15, -0.1) is 0 Å². The zero-order chi connectivity index (χ0) is 45.7. The van der Waals surface area contributed by atoms with E-state index in [1.807, 2.05) is 35.9 Å². The molecule has 0 bridgehead atoms. The summed E-state index contributed by atoms with van der Waals surface area (Å²) >= 11 is 0. The van der Waals surface area contributed by atoms with Crippen molar-refractivity contribution in [2.45, 2.75) is 77.3 Å². The zero-order valence-electron chi connectivity index (χ0n) is 39.0. The van der Waals surface area contributed by atoms with E-state index in [1.54, 1.807) is 17.8 Å². The second kappa shape index (κ2) is 31.2. The van der Waals surface area contributed by atoms with Gasteiger partial charge in [-0.2, -0.15) is 0 Å². The Hall–Kier alpha value is -3.78. The molecule has 0 radical (unpaired) electrons. The van der Waals surface area contributed by atoms with Gasteiger partial charge in [0, 0.05) is 45.4 Å². The molecule has 5 rings (SSSR count). The number of hydrogen-bond acceptors (Lipinski definition) is 13. The van der Waals surface area contributed by atoms with E-state index in [2.05, 4.69) is 5.32 Å². The van der Waals surface area contributed by atoms with Crippen molar-refractivity contribution in [3.63, 3.8) is 0 Å². The minimum absolute atomic E-state index is 0.224. The summed E-state index contributed by atoms with van der Waals surface area (Å²) in [4.78, 5) is 45.5. The number of benzene rings is 1. The number of aryl methyl sites for hydroxylation is 1. The van der Waals surface area contributed by atoms with Gasteiger partial charge in [0.05, 0.1) is 112 Å². The molecular weight excluding hydrogens is 839 g/mol. The summed E-state index contributed by atoms with van der Waals surface area (Å²) in [6.45, 7) is 9.71. The van der Waals surface area contributed by atoms with Crippen LogP contribution >= 0.6 is 0 Å². The Kier molecular flexibility index (Phi) is 25.1. The van der Waals surface area contributed by atoms with E-state index in [0.717, 1.165) is 49.7 Å². The Labute approximate surface area is 384 Å². The summed E-state index contributed by atoms with van der Waals surface area (Å²) in [6.07, 6.45) is 14.6. The number of carbonyl (C=O) groups excluding carboxylic acids is 1. The van der Waals surface area contributed by atoms with E-state index in [9.17, 15) is 14.4 Å². The average molecular weight is 914 g/mol. The molecule has 1 aromatic carbocycles. The SMILES string of the molecule is COCCOCCOCCOCCOCCOCCOCCOCCOCCNC(=O)/C=C/c1ccc(-c2nc3c(c(=O)n(CC4CCCCC4)c(=O)n3CC3CCCCC3)n2C)cc1. The lowest BCUT2D eigenvalue weighted by Crippen LogP contribution is -2.43. The standard InChI is InChI=1S/C48H75N5O12/c1-51-44-46(52(37-40-9-5-3-6-10-40)48(56)53(47(44)55)38-41-11-7-4-8-12-41)50-45(51)42-16-13-39(14-17-42)15-18-43(54)49-19-20-58-23-24-60-27-28-62-31-32-64-35-36-65-34-33-63-30-29-61-26-25-59-22-21-57-2/h13-18,40-41H,3-12,19-38H2,1-2H3,(H,49,54)/b18-15+. The molecule has 0 atom stereocenters. The van der Waals surface area contributed by atoms with E-state index < -0.39 is 0 Å². The summed E-state index contributed by atoms with van der Waals surface area (Å²) in [5.41, 5.74) is 2.12. The third-order valence-electron chi connectivity index (χ3n) is 11.8. The van der Waals surface area contributed by atoms with Gasteiger partial charge in [-0.1, -0.05) is 62.8 Å². The van der Waals surface area contributed by atoms with E-state index in [1.165, 1.54) is 36.3 Å². The maximum Gasteiger partial charge on any atom is 0.332 e. The molecule has 0 unspecified atom stereocenters. The average Bonchev–Trinajstić information content (AvgIpc) is 3.68. The fourth-order valence-corrected chi connectivity index (χ4v) is 8.21. The maximum atomic E-state index is 14.0. The lowest BCUT2D eigenvalue weighted by atomic mass is 9.89. The second-order valence-electron chi connectivity index (χ2n) is 16.6. The highest BCUT2D eigenvalue weighted by molar-refractivity contribution is 5.91. The minimum Gasteiger partial charge on any atom is -0.382 e. The number of ether oxygens (including phenoxy) is 9. The Bertz CT molecular complexity index is 1920. The van der Waals surface area contributed by atoms with Crippen molar-refractivity contribution in [1.82, 2.24) is 24.0 Å². The van der Waals surface area contributed by atoms with Crippen LogP contribution in [0.5, 0.6) is 0 Å². The number of aromatic nitrogens is 4. The highest BCUT2D eigenvalue weighted by Gasteiger charge is 2.25. The number of nitrogens with one attached hydrogen (secondary N) is 1. The van der Waals surface area contributed by atoms with Crippen molar-refractivity contribution in [2.75, 3.05) is 126 Å². The van der Waals surface area contributed by atoms with Crippen LogP contribution < -0.4 is 16.6 Å². The zero-order valence-corrected chi connectivity index (χ0v) is 39.0. The van der Waals surface area contributed by atoms with Crippen molar-refractivity contribution < 1.29 is 47.4 Å². The van der Waals surface area contributed by atoms with Gasteiger partial charge in [0.15, 0.2) is 11.2 Å². The Morgan fingerprint density at radius 3 is 1.51 bits per heavy atom. The molecule has 0 saturated heterocycles. The Balaban J connectivity index is 0.906. The van der Waals surface area contributed by atoms with Crippen LogP contribution in [0.4, 0.5) is 0 Å². The van der Waals surface area contributed by atoms with Crippen LogP contribution in [0, 0.1) is 11.8 Å². The first-order chi connectivity index (χ1) is 32.0.